The number of carbonyl (C=O) groups excluding carboxylic acids is 4. The lowest BCUT2D eigenvalue weighted by molar-refractivity contribution is -0.136. The summed E-state index contributed by atoms with van der Waals surface area (Å²) in [6, 6.07) is 14.5. The third-order valence-corrected chi connectivity index (χ3v) is 7.35. The highest BCUT2D eigenvalue weighted by molar-refractivity contribution is 6.06. The Morgan fingerprint density at radius 2 is 1.74 bits per heavy atom. The summed E-state index contributed by atoms with van der Waals surface area (Å²) in [5.74, 6) is -0.738. The maximum Gasteiger partial charge on any atom is 0.255 e. The maximum absolute atomic E-state index is 13.3. The summed E-state index contributed by atoms with van der Waals surface area (Å²) in [4.78, 5) is 51.5. The molecule has 2 atom stereocenters. The van der Waals surface area contributed by atoms with Gasteiger partial charge >= 0.3 is 0 Å². The number of hydrogen-bond donors (Lipinski definition) is 2. The van der Waals surface area contributed by atoms with Crippen LogP contribution in [-0.4, -0.2) is 34.6 Å². The van der Waals surface area contributed by atoms with Crippen LogP contribution in [0, 0.1) is 5.92 Å². The van der Waals surface area contributed by atoms with Crippen molar-refractivity contribution in [2.75, 3.05) is 0 Å². The van der Waals surface area contributed by atoms with Gasteiger partial charge in [-0.15, -0.1) is 0 Å². The highest BCUT2D eigenvalue weighted by Gasteiger charge is 2.39. The van der Waals surface area contributed by atoms with Crippen LogP contribution >= 0.6 is 0 Å². The second-order valence-electron chi connectivity index (χ2n) is 9.53. The second kappa shape index (κ2) is 9.41. The fourth-order valence-corrected chi connectivity index (χ4v) is 5.54. The molecule has 2 heterocycles. The minimum atomic E-state index is -0.663. The van der Waals surface area contributed by atoms with Gasteiger partial charge in [0.1, 0.15) is 6.04 Å². The van der Waals surface area contributed by atoms with Gasteiger partial charge in [0.2, 0.25) is 11.8 Å². The number of hydrogen-bond acceptors (Lipinski definition) is 4. The number of fused-ring (bicyclic) bond motifs is 1. The van der Waals surface area contributed by atoms with Gasteiger partial charge in [-0.05, 0) is 54.5 Å². The van der Waals surface area contributed by atoms with E-state index in [-0.39, 0.29) is 36.7 Å². The van der Waals surface area contributed by atoms with E-state index in [0.717, 1.165) is 24.0 Å². The molecule has 2 aromatic carbocycles. The second-order valence-corrected chi connectivity index (χ2v) is 9.53. The maximum atomic E-state index is 13.3. The largest absolute Gasteiger partial charge is 0.345 e. The Morgan fingerprint density at radius 3 is 2.47 bits per heavy atom. The molecule has 2 aliphatic heterocycles. The van der Waals surface area contributed by atoms with Crippen LogP contribution < -0.4 is 10.6 Å². The van der Waals surface area contributed by atoms with Crippen molar-refractivity contribution in [3.63, 3.8) is 0 Å². The Labute approximate surface area is 198 Å². The molecule has 176 valence electrons. The first-order chi connectivity index (χ1) is 16.5. The van der Waals surface area contributed by atoms with Crippen molar-refractivity contribution in [1.82, 2.24) is 15.5 Å². The van der Waals surface area contributed by atoms with Gasteiger partial charge < -0.3 is 10.2 Å². The van der Waals surface area contributed by atoms with E-state index < -0.39 is 11.9 Å². The molecule has 2 fully saturated rings. The molecule has 2 N–H and O–H groups in total. The zero-order valence-electron chi connectivity index (χ0n) is 19.1. The summed E-state index contributed by atoms with van der Waals surface area (Å²) >= 11 is 0. The number of benzene rings is 2. The van der Waals surface area contributed by atoms with Crippen LogP contribution in [0.4, 0.5) is 0 Å². The van der Waals surface area contributed by atoms with Crippen molar-refractivity contribution in [3.05, 3.63) is 70.8 Å². The van der Waals surface area contributed by atoms with Crippen molar-refractivity contribution in [2.45, 2.75) is 63.6 Å². The zero-order chi connectivity index (χ0) is 23.7. The van der Waals surface area contributed by atoms with Crippen LogP contribution in [0.3, 0.4) is 0 Å². The Kier molecular flexibility index (Phi) is 6.18. The summed E-state index contributed by atoms with van der Waals surface area (Å²) in [6.07, 6.45) is 6.33. The van der Waals surface area contributed by atoms with E-state index in [0.29, 0.717) is 23.5 Å². The Bertz CT molecular complexity index is 1120. The topological polar surface area (TPSA) is 95.6 Å². The minimum absolute atomic E-state index is 0.0520. The third-order valence-electron chi connectivity index (χ3n) is 7.35. The highest BCUT2D eigenvalue weighted by atomic mass is 16.2. The van der Waals surface area contributed by atoms with Gasteiger partial charge in [0.25, 0.3) is 11.8 Å². The van der Waals surface area contributed by atoms with E-state index in [9.17, 15) is 19.2 Å². The molecule has 0 radical (unpaired) electrons. The number of carbonyl (C=O) groups is 4. The first-order valence-electron chi connectivity index (χ1n) is 12.1. The van der Waals surface area contributed by atoms with E-state index in [2.05, 4.69) is 22.8 Å². The Morgan fingerprint density at radius 1 is 0.971 bits per heavy atom. The summed E-state index contributed by atoms with van der Waals surface area (Å²) in [6.45, 7) is 0.256. The van der Waals surface area contributed by atoms with Gasteiger partial charge in [0.05, 0.1) is 6.04 Å². The normalized spacial score (nSPS) is 21.7. The van der Waals surface area contributed by atoms with Crippen molar-refractivity contribution < 1.29 is 19.2 Å². The van der Waals surface area contributed by atoms with Crippen molar-refractivity contribution in [3.8, 4) is 0 Å². The molecular weight excluding hydrogens is 430 g/mol. The van der Waals surface area contributed by atoms with E-state index in [4.69, 9.17) is 0 Å². The van der Waals surface area contributed by atoms with E-state index in [1.54, 1.807) is 18.2 Å². The predicted octanol–water partition coefficient (Wildman–Crippen LogP) is 3.50. The van der Waals surface area contributed by atoms with Crippen molar-refractivity contribution in [1.29, 1.82) is 0 Å². The molecule has 1 aliphatic carbocycles. The highest BCUT2D eigenvalue weighted by Crippen LogP contribution is 2.35. The molecular formula is C27H29N3O4. The van der Waals surface area contributed by atoms with Crippen LogP contribution in [0.5, 0.6) is 0 Å². The third kappa shape index (κ3) is 4.34. The van der Waals surface area contributed by atoms with Crippen LogP contribution in [0.2, 0.25) is 0 Å². The molecule has 5 rings (SSSR count). The molecule has 2 aromatic rings. The predicted molar refractivity (Wildman–Crippen MR) is 126 cm³/mol. The van der Waals surface area contributed by atoms with Gasteiger partial charge in [-0.25, -0.2) is 0 Å². The molecule has 34 heavy (non-hydrogen) atoms. The van der Waals surface area contributed by atoms with Crippen LogP contribution in [0.25, 0.3) is 0 Å². The zero-order valence-corrected chi connectivity index (χ0v) is 19.1. The standard InChI is InChI=1S/C27H29N3O4/c31-23-14-13-22(26(33)28-23)30-16-20-15-19(11-12-21(20)27(30)34)25(32)29-24(17-7-3-1-4-8-17)18-9-5-2-6-10-18/h1,3-4,7-8,11-12,15,18,22,24H,2,5-6,9-10,13-14,16H2,(H,29,32)(H,28,31,33)/t22?,24-/m1/s1. The molecule has 3 aliphatic rings. The molecule has 1 saturated heterocycles. The van der Waals surface area contributed by atoms with E-state index >= 15 is 0 Å². The Hall–Kier alpha value is -3.48. The van der Waals surface area contributed by atoms with E-state index in [1.165, 1.54) is 24.2 Å². The lowest BCUT2D eigenvalue weighted by Gasteiger charge is -2.31. The summed E-state index contributed by atoms with van der Waals surface area (Å²) < 4.78 is 0. The molecule has 0 spiro atoms. The fourth-order valence-electron chi connectivity index (χ4n) is 5.54. The molecule has 0 aromatic heterocycles. The van der Waals surface area contributed by atoms with Crippen molar-refractivity contribution in [2.24, 2.45) is 5.92 Å². The number of piperidine rings is 1. The first-order valence-corrected chi connectivity index (χ1v) is 12.1. The van der Waals surface area contributed by atoms with Gasteiger partial charge in [-0.3, -0.25) is 24.5 Å². The molecule has 1 unspecified atom stereocenters. The fraction of sp³-hybridized carbons (Fsp3) is 0.407. The van der Waals surface area contributed by atoms with Crippen LogP contribution in [0.1, 0.15) is 82.8 Å². The first kappa shape index (κ1) is 22.3. The number of nitrogens with zero attached hydrogens (tertiary/aromatic N) is 1. The number of rotatable bonds is 5. The Balaban J connectivity index is 1.34. The van der Waals surface area contributed by atoms with Gasteiger partial charge in [0.15, 0.2) is 0 Å². The lowest BCUT2D eigenvalue weighted by atomic mass is 9.81. The van der Waals surface area contributed by atoms with Crippen molar-refractivity contribution >= 4 is 23.6 Å². The monoisotopic (exact) mass is 459 g/mol. The summed E-state index contributed by atoms with van der Waals surface area (Å²) in [5, 5.41) is 5.58. The van der Waals surface area contributed by atoms with Gasteiger partial charge in [-0.1, -0.05) is 49.6 Å². The number of imide groups is 1. The average molecular weight is 460 g/mol. The average Bonchev–Trinajstić information content (AvgIpc) is 3.19. The molecule has 7 nitrogen and oxygen atoms in total. The van der Waals surface area contributed by atoms with Crippen LogP contribution in [0.15, 0.2) is 48.5 Å². The number of nitrogens with one attached hydrogen (secondary N) is 2. The minimum Gasteiger partial charge on any atom is -0.345 e. The van der Waals surface area contributed by atoms with Crippen LogP contribution in [-0.2, 0) is 16.1 Å². The SMILES string of the molecule is O=C1CCC(N2Cc3cc(C(=O)N[C@H](c4ccccc4)C4CCCCC4)ccc3C2=O)C(=O)N1. The molecule has 7 heteroatoms. The molecule has 0 bridgehead atoms. The number of amides is 4. The van der Waals surface area contributed by atoms with Gasteiger partial charge in [-0.2, -0.15) is 0 Å². The summed E-state index contributed by atoms with van der Waals surface area (Å²) in [5.41, 5.74) is 2.86. The lowest BCUT2D eigenvalue weighted by Crippen LogP contribution is -2.52. The van der Waals surface area contributed by atoms with E-state index in [1.807, 2.05) is 18.2 Å². The molecule has 1 saturated carbocycles. The quantitative estimate of drug-likeness (QED) is 0.669. The van der Waals surface area contributed by atoms with Gasteiger partial charge in [0, 0.05) is 24.1 Å². The molecule has 4 amide bonds. The summed E-state index contributed by atoms with van der Waals surface area (Å²) in [7, 11) is 0. The smallest absolute Gasteiger partial charge is 0.255 e.